The summed E-state index contributed by atoms with van der Waals surface area (Å²) >= 11 is 0. The van der Waals surface area contributed by atoms with Gasteiger partial charge < -0.3 is 4.74 Å². The van der Waals surface area contributed by atoms with Gasteiger partial charge in [-0.1, -0.05) is 74.5 Å². The first-order valence-corrected chi connectivity index (χ1v) is 9.60. The lowest BCUT2D eigenvalue weighted by Crippen LogP contribution is -2.40. The second-order valence-corrected chi connectivity index (χ2v) is 7.52. The number of hydrogen-bond donors (Lipinski definition) is 0. The predicted octanol–water partition coefficient (Wildman–Crippen LogP) is 4.44. The molecule has 2 aromatic rings. The van der Waals surface area contributed by atoms with Gasteiger partial charge in [-0.15, -0.1) is 0 Å². The highest BCUT2D eigenvalue weighted by Crippen LogP contribution is 2.28. The number of amides is 2. The molecule has 0 radical (unpaired) electrons. The van der Waals surface area contributed by atoms with Gasteiger partial charge in [-0.2, -0.15) is 0 Å². The van der Waals surface area contributed by atoms with Gasteiger partial charge in [0.1, 0.15) is 6.61 Å². The van der Waals surface area contributed by atoms with E-state index in [1.165, 1.54) is 4.90 Å². The van der Waals surface area contributed by atoms with Crippen molar-refractivity contribution in [2.75, 3.05) is 6.61 Å². The van der Waals surface area contributed by atoms with Gasteiger partial charge in [-0.3, -0.25) is 9.59 Å². The van der Waals surface area contributed by atoms with Crippen LogP contribution in [0.1, 0.15) is 48.5 Å². The van der Waals surface area contributed by atoms with E-state index in [0.29, 0.717) is 17.9 Å². The molecule has 0 bridgehead atoms. The van der Waals surface area contributed by atoms with Crippen molar-refractivity contribution in [3.05, 3.63) is 71.8 Å². The number of imide groups is 1. The van der Waals surface area contributed by atoms with E-state index in [9.17, 15) is 14.4 Å². The molecule has 2 atom stereocenters. The first-order chi connectivity index (χ1) is 13.5. The number of ketones is 1. The Hall–Kier alpha value is -2.95. The molecule has 0 saturated carbocycles. The van der Waals surface area contributed by atoms with Crippen molar-refractivity contribution < 1.29 is 19.1 Å². The molecule has 1 fully saturated rings. The second kappa shape index (κ2) is 8.83. The van der Waals surface area contributed by atoms with Crippen LogP contribution in [-0.4, -0.2) is 35.3 Å². The van der Waals surface area contributed by atoms with Gasteiger partial charge in [0.25, 0.3) is 0 Å². The Morgan fingerprint density at radius 1 is 1.04 bits per heavy atom. The lowest BCUT2D eigenvalue weighted by atomic mass is 9.87. The molecule has 0 spiro atoms. The largest absolute Gasteiger partial charge is 0.447 e. The monoisotopic (exact) mass is 379 g/mol. The standard InChI is InChI=1S/C23H25NO4/c1-16(2)13-19-15-28-23(27)24(19)21(25)14-20(17-9-5-3-6-10-17)22(26)18-11-7-4-8-12-18/h3-12,16,19-20H,13-15H2,1-2H3/t19-,20+/m0/s1. The van der Waals surface area contributed by atoms with Crippen LogP contribution in [0.15, 0.2) is 60.7 Å². The summed E-state index contributed by atoms with van der Waals surface area (Å²) in [6.45, 7) is 4.29. The third-order valence-corrected chi connectivity index (χ3v) is 4.93. The number of benzene rings is 2. The fourth-order valence-electron chi connectivity index (χ4n) is 3.61. The molecule has 1 aliphatic heterocycles. The lowest BCUT2D eigenvalue weighted by Gasteiger charge is -2.23. The lowest BCUT2D eigenvalue weighted by molar-refractivity contribution is -0.129. The van der Waals surface area contributed by atoms with Crippen molar-refractivity contribution in [3.63, 3.8) is 0 Å². The molecule has 0 N–H and O–H groups in total. The zero-order valence-electron chi connectivity index (χ0n) is 16.2. The molecule has 28 heavy (non-hydrogen) atoms. The molecule has 2 amide bonds. The van der Waals surface area contributed by atoms with Crippen molar-refractivity contribution in [1.82, 2.24) is 4.90 Å². The Bertz CT molecular complexity index is 832. The molecule has 5 nitrogen and oxygen atoms in total. The third kappa shape index (κ3) is 4.47. The molecule has 1 aliphatic rings. The maximum Gasteiger partial charge on any atom is 0.416 e. The molecule has 1 saturated heterocycles. The molecule has 0 unspecified atom stereocenters. The Morgan fingerprint density at radius 2 is 1.64 bits per heavy atom. The third-order valence-electron chi connectivity index (χ3n) is 4.93. The highest BCUT2D eigenvalue weighted by Gasteiger charge is 2.39. The maximum absolute atomic E-state index is 13.1. The van der Waals surface area contributed by atoms with E-state index in [1.54, 1.807) is 24.3 Å². The Labute approximate surface area is 165 Å². The van der Waals surface area contributed by atoms with E-state index >= 15 is 0 Å². The molecule has 5 heteroatoms. The molecular weight excluding hydrogens is 354 g/mol. The number of nitrogens with zero attached hydrogens (tertiary/aromatic N) is 1. The van der Waals surface area contributed by atoms with Gasteiger partial charge in [0.05, 0.1) is 12.0 Å². The van der Waals surface area contributed by atoms with Crippen molar-refractivity contribution >= 4 is 17.8 Å². The van der Waals surface area contributed by atoms with Crippen LogP contribution in [0.5, 0.6) is 0 Å². The quantitative estimate of drug-likeness (QED) is 0.667. The van der Waals surface area contributed by atoms with Gasteiger partial charge in [0.15, 0.2) is 5.78 Å². The second-order valence-electron chi connectivity index (χ2n) is 7.52. The van der Waals surface area contributed by atoms with Gasteiger partial charge in [0.2, 0.25) is 5.91 Å². The number of cyclic esters (lactones) is 1. The van der Waals surface area contributed by atoms with Crippen LogP contribution in [0.2, 0.25) is 0 Å². The summed E-state index contributed by atoms with van der Waals surface area (Å²) in [6.07, 6.45) is -0.00344. The average Bonchev–Trinajstić information content (AvgIpc) is 3.06. The smallest absolute Gasteiger partial charge is 0.416 e. The number of hydrogen-bond acceptors (Lipinski definition) is 4. The van der Waals surface area contributed by atoms with E-state index in [-0.39, 0.29) is 30.8 Å². The van der Waals surface area contributed by atoms with Crippen LogP contribution in [0.4, 0.5) is 4.79 Å². The van der Waals surface area contributed by atoms with Crippen molar-refractivity contribution in [1.29, 1.82) is 0 Å². The van der Waals surface area contributed by atoms with Gasteiger partial charge >= 0.3 is 6.09 Å². The Morgan fingerprint density at radius 3 is 2.25 bits per heavy atom. The summed E-state index contributed by atoms with van der Waals surface area (Å²) in [5.74, 6) is -0.825. The minimum atomic E-state index is -0.649. The Kier molecular flexibility index (Phi) is 6.24. The number of carbonyl (C=O) groups excluding carboxylic acids is 3. The first-order valence-electron chi connectivity index (χ1n) is 9.60. The number of Topliss-reactive ketones (excluding diaryl/α,β-unsaturated/α-hetero) is 1. The summed E-state index contributed by atoms with van der Waals surface area (Å²) in [5.41, 5.74) is 1.31. The topological polar surface area (TPSA) is 63.7 Å². The van der Waals surface area contributed by atoms with Crippen LogP contribution in [0.3, 0.4) is 0 Å². The SMILES string of the molecule is CC(C)C[C@H]1COC(=O)N1C(=O)C[C@@H](C(=O)c1ccccc1)c1ccccc1. The summed E-state index contributed by atoms with van der Waals surface area (Å²) in [7, 11) is 0. The number of ether oxygens (including phenoxy) is 1. The zero-order valence-corrected chi connectivity index (χ0v) is 16.2. The van der Waals surface area contributed by atoms with Crippen molar-refractivity contribution in [3.8, 4) is 0 Å². The summed E-state index contributed by atoms with van der Waals surface area (Å²) in [6, 6.07) is 17.9. The van der Waals surface area contributed by atoms with E-state index in [4.69, 9.17) is 4.74 Å². The normalized spacial score (nSPS) is 17.5. The minimum absolute atomic E-state index is 0.0680. The number of carbonyl (C=O) groups is 3. The van der Waals surface area contributed by atoms with E-state index < -0.39 is 12.0 Å². The first kappa shape index (κ1) is 19.8. The Balaban J connectivity index is 1.86. The predicted molar refractivity (Wildman–Crippen MR) is 106 cm³/mol. The van der Waals surface area contributed by atoms with Crippen molar-refractivity contribution in [2.24, 2.45) is 5.92 Å². The van der Waals surface area contributed by atoms with E-state index in [1.807, 2.05) is 50.2 Å². The fraction of sp³-hybridized carbons (Fsp3) is 0.348. The molecule has 0 aliphatic carbocycles. The zero-order chi connectivity index (χ0) is 20.1. The molecular formula is C23H25NO4. The summed E-state index contributed by atoms with van der Waals surface area (Å²) < 4.78 is 5.11. The highest BCUT2D eigenvalue weighted by molar-refractivity contribution is 6.04. The summed E-state index contributed by atoms with van der Waals surface area (Å²) in [5, 5.41) is 0. The van der Waals surface area contributed by atoms with Crippen LogP contribution in [-0.2, 0) is 9.53 Å². The van der Waals surface area contributed by atoms with Crippen LogP contribution >= 0.6 is 0 Å². The summed E-state index contributed by atoms with van der Waals surface area (Å²) in [4.78, 5) is 39.6. The van der Waals surface area contributed by atoms with Gasteiger partial charge in [0, 0.05) is 12.0 Å². The molecule has 146 valence electrons. The van der Waals surface area contributed by atoms with E-state index in [2.05, 4.69) is 0 Å². The van der Waals surface area contributed by atoms with Gasteiger partial charge in [-0.25, -0.2) is 9.69 Å². The fourth-order valence-corrected chi connectivity index (χ4v) is 3.61. The number of rotatable bonds is 7. The molecule has 1 heterocycles. The van der Waals surface area contributed by atoms with Gasteiger partial charge in [-0.05, 0) is 17.9 Å². The minimum Gasteiger partial charge on any atom is -0.447 e. The van der Waals surface area contributed by atoms with Crippen LogP contribution < -0.4 is 0 Å². The van der Waals surface area contributed by atoms with Crippen LogP contribution in [0, 0.1) is 5.92 Å². The van der Waals surface area contributed by atoms with Crippen molar-refractivity contribution in [2.45, 2.75) is 38.6 Å². The van der Waals surface area contributed by atoms with E-state index in [0.717, 1.165) is 5.56 Å². The maximum atomic E-state index is 13.1. The highest BCUT2D eigenvalue weighted by atomic mass is 16.6. The molecule has 3 rings (SSSR count). The average molecular weight is 379 g/mol. The van der Waals surface area contributed by atoms with Crippen LogP contribution in [0.25, 0.3) is 0 Å². The molecule has 0 aromatic heterocycles. The molecule has 2 aromatic carbocycles.